The van der Waals surface area contributed by atoms with Gasteiger partial charge >= 0.3 is 0 Å². The summed E-state index contributed by atoms with van der Waals surface area (Å²) in [6.45, 7) is 7.77. The average Bonchev–Trinajstić information content (AvgIpc) is 3.07. The van der Waals surface area contributed by atoms with Crippen LogP contribution in [0, 0.1) is 0 Å². The van der Waals surface area contributed by atoms with Crippen molar-refractivity contribution in [1.82, 2.24) is 9.80 Å². The van der Waals surface area contributed by atoms with Gasteiger partial charge in [0.1, 0.15) is 5.75 Å². The Bertz CT molecular complexity index is 789. The molecule has 2 aliphatic rings. The van der Waals surface area contributed by atoms with Crippen molar-refractivity contribution >= 4 is 21.4 Å². The molecule has 1 aromatic rings. The molecule has 29 heavy (non-hydrogen) atoms. The summed E-state index contributed by atoms with van der Waals surface area (Å²) in [5.41, 5.74) is 1.16. The Labute approximate surface area is 174 Å². The van der Waals surface area contributed by atoms with Gasteiger partial charge in [-0.05, 0) is 44.0 Å². The number of hydrogen-bond acceptors (Lipinski definition) is 6. The van der Waals surface area contributed by atoms with Gasteiger partial charge in [0.05, 0.1) is 25.2 Å². The molecule has 3 rings (SSSR count). The van der Waals surface area contributed by atoms with Gasteiger partial charge in [-0.15, -0.1) is 0 Å². The Hall–Kier alpha value is -1.80. The quantitative estimate of drug-likeness (QED) is 0.664. The molecular formula is C21H33N3O4S. The van der Waals surface area contributed by atoms with Gasteiger partial charge in [0.25, 0.3) is 0 Å². The first-order valence-electron chi connectivity index (χ1n) is 10.5. The summed E-state index contributed by atoms with van der Waals surface area (Å²) < 4.78 is 29.1. The molecule has 0 unspecified atom stereocenters. The maximum atomic E-state index is 13.1. The Kier molecular flexibility index (Phi) is 7.05. The number of methoxy groups -OCH3 is 1. The molecule has 2 saturated heterocycles. The zero-order valence-electron chi connectivity index (χ0n) is 17.7. The molecule has 2 heterocycles. The van der Waals surface area contributed by atoms with Gasteiger partial charge in [0.15, 0.2) is 9.84 Å². The molecule has 2 aliphatic heterocycles. The highest BCUT2D eigenvalue weighted by molar-refractivity contribution is 7.91. The van der Waals surface area contributed by atoms with Crippen molar-refractivity contribution in [3.63, 3.8) is 0 Å². The molecular weight excluding hydrogens is 390 g/mol. The minimum Gasteiger partial charge on any atom is -0.497 e. The molecule has 8 heteroatoms. The fourth-order valence-electron chi connectivity index (χ4n) is 4.23. The summed E-state index contributed by atoms with van der Waals surface area (Å²) >= 11 is 0. The summed E-state index contributed by atoms with van der Waals surface area (Å²) in [6, 6.07) is 7.93. The Morgan fingerprint density at radius 3 is 2.38 bits per heavy atom. The van der Waals surface area contributed by atoms with E-state index in [1.54, 1.807) is 7.11 Å². The first-order chi connectivity index (χ1) is 13.8. The molecule has 0 aliphatic carbocycles. The molecule has 0 spiro atoms. The number of carbonyl (C=O) groups excluding carboxylic acids is 1. The molecule has 0 saturated carbocycles. The standard InChI is InChI=1S/C21H33N3O4S/c1-4-17(2)24(19-9-14-29(26,27)16-19)21(25)15-22-10-12-23(13-11-22)18-5-7-20(28-3)8-6-18/h5-8,17,19H,4,9-16H2,1-3H3/t17-,19+/m1/s1. The van der Waals surface area contributed by atoms with Gasteiger partial charge < -0.3 is 14.5 Å². The summed E-state index contributed by atoms with van der Waals surface area (Å²) in [7, 11) is -1.35. The third-order valence-electron chi connectivity index (χ3n) is 6.12. The van der Waals surface area contributed by atoms with Crippen LogP contribution in [-0.4, -0.2) is 87.5 Å². The van der Waals surface area contributed by atoms with E-state index >= 15 is 0 Å². The van der Waals surface area contributed by atoms with E-state index in [1.807, 2.05) is 30.9 Å². The lowest BCUT2D eigenvalue weighted by atomic mass is 10.1. The maximum absolute atomic E-state index is 13.1. The number of benzene rings is 1. The van der Waals surface area contributed by atoms with Crippen LogP contribution >= 0.6 is 0 Å². The number of carbonyl (C=O) groups is 1. The number of sulfone groups is 1. The van der Waals surface area contributed by atoms with Crippen LogP contribution in [0.15, 0.2) is 24.3 Å². The van der Waals surface area contributed by atoms with Gasteiger partial charge in [-0.2, -0.15) is 0 Å². The summed E-state index contributed by atoms with van der Waals surface area (Å²) in [5.74, 6) is 1.20. The largest absolute Gasteiger partial charge is 0.497 e. The number of amides is 1. The van der Waals surface area contributed by atoms with Crippen molar-refractivity contribution in [2.45, 2.75) is 38.8 Å². The van der Waals surface area contributed by atoms with Gasteiger partial charge in [0.2, 0.25) is 5.91 Å². The van der Waals surface area contributed by atoms with E-state index in [0.29, 0.717) is 13.0 Å². The average molecular weight is 424 g/mol. The molecule has 2 atom stereocenters. The van der Waals surface area contributed by atoms with Crippen LogP contribution in [0.1, 0.15) is 26.7 Å². The van der Waals surface area contributed by atoms with Crippen molar-refractivity contribution in [2.75, 3.05) is 56.2 Å². The van der Waals surface area contributed by atoms with Gasteiger partial charge in [-0.1, -0.05) is 6.92 Å². The molecule has 0 bridgehead atoms. The lowest BCUT2D eigenvalue weighted by Crippen LogP contribution is -2.53. The van der Waals surface area contributed by atoms with Crippen molar-refractivity contribution in [3.8, 4) is 5.75 Å². The molecule has 0 radical (unpaired) electrons. The van der Waals surface area contributed by atoms with E-state index < -0.39 is 9.84 Å². The van der Waals surface area contributed by atoms with Crippen LogP contribution in [0.25, 0.3) is 0 Å². The fraction of sp³-hybridized carbons (Fsp3) is 0.667. The third kappa shape index (κ3) is 5.42. The number of nitrogens with zero attached hydrogens (tertiary/aromatic N) is 3. The minimum absolute atomic E-state index is 0.0550. The second-order valence-corrected chi connectivity index (χ2v) is 10.3. The second kappa shape index (κ2) is 9.34. The van der Waals surface area contributed by atoms with E-state index in [1.165, 1.54) is 0 Å². The number of piperazine rings is 1. The molecule has 2 fully saturated rings. The molecule has 0 N–H and O–H groups in total. The smallest absolute Gasteiger partial charge is 0.237 e. The Morgan fingerprint density at radius 2 is 1.86 bits per heavy atom. The van der Waals surface area contributed by atoms with Crippen LogP contribution in [0.2, 0.25) is 0 Å². The van der Waals surface area contributed by atoms with Crippen molar-refractivity contribution in [1.29, 1.82) is 0 Å². The van der Waals surface area contributed by atoms with Crippen molar-refractivity contribution < 1.29 is 17.9 Å². The molecule has 0 aromatic heterocycles. The number of rotatable bonds is 7. The van der Waals surface area contributed by atoms with E-state index in [9.17, 15) is 13.2 Å². The highest BCUT2D eigenvalue weighted by Gasteiger charge is 2.37. The number of ether oxygens (including phenoxy) is 1. The van der Waals surface area contributed by atoms with E-state index in [0.717, 1.165) is 44.0 Å². The summed E-state index contributed by atoms with van der Waals surface area (Å²) in [5, 5.41) is 0. The molecule has 1 aromatic carbocycles. The number of anilines is 1. The fourth-order valence-corrected chi connectivity index (χ4v) is 5.94. The first kappa shape index (κ1) is 21.9. The second-order valence-electron chi connectivity index (χ2n) is 8.08. The van der Waals surface area contributed by atoms with E-state index in [2.05, 4.69) is 21.9 Å². The van der Waals surface area contributed by atoms with E-state index in [-0.39, 0.29) is 29.5 Å². The van der Waals surface area contributed by atoms with Crippen molar-refractivity contribution in [2.24, 2.45) is 0 Å². The topological polar surface area (TPSA) is 70.2 Å². The van der Waals surface area contributed by atoms with Gasteiger partial charge in [-0.25, -0.2) is 8.42 Å². The Morgan fingerprint density at radius 1 is 1.21 bits per heavy atom. The maximum Gasteiger partial charge on any atom is 0.237 e. The van der Waals surface area contributed by atoms with Crippen LogP contribution in [0.5, 0.6) is 5.75 Å². The van der Waals surface area contributed by atoms with Gasteiger partial charge in [-0.3, -0.25) is 9.69 Å². The summed E-state index contributed by atoms with van der Waals surface area (Å²) in [6.07, 6.45) is 1.39. The SMILES string of the molecule is CC[C@@H](C)N(C(=O)CN1CCN(c2ccc(OC)cc2)CC1)[C@H]1CCS(=O)(=O)C1. The molecule has 7 nitrogen and oxygen atoms in total. The minimum atomic E-state index is -3.01. The normalized spacial score (nSPS) is 23.0. The lowest BCUT2D eigenvalue weighted by Gasteiger charge is -2.39. The highest BCUT2D eigenvalue weighted by Crippen LogP contribution is 2.23. The van der Waals surface area contributed by atoms with Crippen molar-refractivity contribution in [3.05, 3.63) is 24.3 Å². The number of hydrogen-bond donors (Lipinski definition) is 0. The predicted molar refractivity (Wildman–Crippen MR) is 115 cm³/mol. The van der Waals surface area contributed by atoms with Crippen LogP contribution in [-0.2, 0) is 14.6 Å². The summed E-state index contributed by atoms with van der Waals surface area (Å²) in [4.78, 5) is 19.4. The first-order valence-corrected chi connectivity index (χ1v) is 12.3. The van der Waals surface area contributed by atoms with Crippen LogP contribution < -0.4 is 9.64 Å². The molecule has 162 valence electrons. The van der Waals surface area contributed by atoms with Gasteiger partial charge in [0, 0.05) is 44.0 Å². The van der Waals surface area contributed by atoms with E-state index in [4.69, 9.17) is 4.74 Å². The van der Waals surface area contributed by atoms with Crippen LogP contribution in [0.3, 0.4) is 0 Å². The van der Waals surface area contributed by atoms with Crippen LogP contribution in [0.4, 0.5) is 5.69 Å². The Balaban J connectivity index is 1.57. The predicted octanol–water partition coefficient (Wildman–Crippen LogP) is 1.63. The zero-order chi connectivity index (χ0) is 21.0. The monoisotopic (exact) mass is 423 g/mol. The zero-order valence-corrected chi connectivity index (χ0v) is 18.5. The lowest BCUT2D eigenvalue weighted by molar-refractivity contribution is -0.136. The third-order valence-corrected chi connectivity index (χ3v) is 7.87. The molecule has 1 amide bonds. The highest BCUT2D eigenvalue weighted by atomic mass is 32.2.